The van der Waals surface area contributed by atoms with Crippen molar-refractivity contribution >= 4 is 5.69 Å². The van der Waals surface area contributed by atoms with Crippen LogP contribution in [0.2, 0.25) is 0 Å². The molecule has 0 saturated carbocycles. The fourth-order valence-corrected chi connectivity index (χ4v) is 2.77. The lowest BCUT2D eigenvalue weighted by atomic mass is 10.2. The third-order valence-electron chi connectivity index (χ3n) is 4.42. The van der Waals surface area contributed by atoms with E-state index >= 15 is 0 Å². The summed E-state index contributed by atoms with van der Waals surface area (Å²) >= 11 is 0. The summed E-state index contributed by atoms with van der Waals surface area (Å²) in [5.41, 5.74) is -1.05. The third-order valence-corrected chi connectivity index (χ3v) is 4.42. The van der Waals surface area contributed by atoms with Gasteiger partial charge in [0.15, 0.2) is 17.2 Å². The van der Waals surface area contributed by atoms with Crippen LogP contribution in [-0.4, -0.2) is 48.6 Å². The fourth-order valence-electron chi connectivity index (χ4n) is 2.77. The van der Waals surface area contributed by atoms with E-state index in [4.69, 9.17) is 0 Å². The average Bonchev–Trinajstić information content (AvgIpc) is 3.43. The number of aromatic nitrogens is 7. The summed E-state index contributed by atoms with van der Waals surface area (Å²) in [6.45, 7) is 0. The van der Waals surface area contributed by atoms with Crippen LogP contribution >= 0.6 is 0 Å². The molecule has 0 N–H and O–H groups in total. The Hall–Kier alpha value is -3.97. The van der Waals surface area contributed by atoms with Gasteiger partial charge in [-0.1, -0.05) is 0 Å². The SMILES string of the molecule is CN(C)c1ccc(-c2nc(-n3ccc(C(F)(F)F)n3)nc(-n3ccc(C(F)(F)F)n3)n2)cc1. The summed E-state index contributed by atoms with van der Waals surface area (Å²) in [6.07, 6.45) is -7.42. The van der Waals surface area contributed by atoms with E-state index in [1.807, 2.05) is 19.0 Å². The van der Waals surface area contributed by atoms with Crippen LogP contribution in [0.25, 0.3) is 23.3 Å². The van der Waals surface area contributed by atoms with Gasteiger partial charge in [-0.15, -0.1) is 0 Å². The Labute approximate surface area is 182 Å². The zero-order valence-corrected chi connectivity index (χ0v) is 17.0. The van der Waals surface area contributed by atoms with Crippen LogP contribution in [0.3, 0.4) is 0 Å². The Morgan fingerprint density at radius 2 is 1.12 bits per heavy atom. The van der Waals surface area contributed by atoms with Crippen molar-refractivity contribution in [3.63, 3.8) is 0 Å². The Kier molecular flexibility index (Phi) is 5.30. The maximum Gasteiger partial charge on any atom is 0.435 e. The molecule has 0 unspecified atom stereocenters. The molecule has 0 spiro atoms. The van der Waals surface area contributed by atoms with Gasteiger partial charge in [0.2, 0.25) is 0 Å². The first-order valence-corrected chi connectivity index (χ1v) is 9.22. The molecule has 0 fully saturated rings. The summed E-state index contributed by atoms with van der Waals surface area (Å²) < 4.78 is 79.3. The van der Waals surface area contributed by atoms with Crippen molar-refractivity contribution in [3.8, 4) is 23.3 Å². The first kappa shape index (κ1) is 22.2. The topological polar surface area (TPSA) is 77.5 Å². The summed E-state index contributed by atoms with van der Waals surface area (Å²) in [7, 11) is 3.67. The number of halogens is 6. The van der Waals surface area contributed by atoms with E-state index in [0.717, 1.165) is 39.6 Å². The number of alkyl halides is 6. The lowest BCUT2D eigenvalue weighted by molar-refractivity contribution is -0.142. The molecule has 8 nitrogen and oxygen atoms in total. The van der Waals surface area contributed by atoms with Crippen molar-refractivity contribution in [1.82, 2.24) is 34.5 Å². The van der Waals surface area contributed by atoms with Gasteiger partial charge in [0, 0.05) is 37.7 Å². The molecule has 0 atom stereocenters. The molecule has 3 heterocycles. The monoisotopic (exact) mass is 468 g/mol. The van der Waals surface area contributed by atoms with Gasteiger partial charge in [-0.2, -0.15) is 51.5 Å². The number of anilines is 1. The zero-order chi connectivity index (χ0) is 24.0. The minimum absolute atomic E-state index is 0.00780. The molecule has 1 aromatic carbocycles. The lowest BCUT2D eigenvalue weighted by Crippen LogP contribution is -2.13. The third kappa shape index (κ3) is 4.63. The normalized spacial score (nSPS) is 12.2. The molecule has 0 bridgehead atoms. The summed E-state index contributed by atoms with van der Waals surface area (Å²) in [5.74, 6) is -0.647. The highest BCUT2D eigenvalue weighted by Crippen LogP contribution is 2.29. The quantitative estimate of drug-likeness (QED) is 0.421. The van der Waals surface area contributed by atoms with Gasteiger partial charge in [0.25, 0.3) is 11.9 Å². The number of rotatable bonds is 4. The summed E-state index contributed by atoms with van der Waals surface area (Å²) in [6, 6.07) is 8.28. The molecule has 14 heteroatoms. The maximum atomic E-state index is 13.0. The number of hydrogen-bond acceptors (Lipinski definition) is 6. The van der Waals surface area contributed by atoms with Crippen LogP contribution in [0.5, 0.6) is 0 Å². The van der Waals surface area contributed by atoms with Crippen LogP contribution < -0.4 is 4.90 Å². The van der Waals surface area contributed by atoms with E-state index in [1.165, 1.54) is 0 Å². The second-order valence-corrected chi connectivity index (χ2v) is 6.99. The Morgan fingerprint density at radius 3 is 1.48 bits per heavy atom. The van der Waals surface area contributed by atoms with Crippen molar-refractivity contribution in [2.24, 2.45) is 0 Å². The molecule has 3 aromatic heterocycles. The molecule has 0 radical (unpaired) electrons. The molecular weight excluding hydrogens is 454 g/mol. The van der Waals surface area contributed by atoms with E-state index in [9.17, 15) is 26.3 Å². The highest BCUT2D eigenvalue weighted by atomic mass is 19.4. The fraction of sp³-hybridized carbons (Fsp3) is 0.211. The predicted molar refractivity (Wildman–Crippen MR) is 104 cm³/mol. The second kappa shape index (κ2) is 7.86. The smallest absolute Gasteiger partial charge is 0.378 e. The van der Waals surface area contributed by atoms with Crippen LogP contribution in [0.1, 0.15) is 11.4 Å². The Morgan fingerprint density at radius 1 is 0.667 bits per heavy atom. The minimum atomic E-state index is -4.70. The molecule has 0 saturated heterocycles. The summed E-state index contributed by atoms with van der Waals surface area (Å²) in [5, 5.41) is 6.85. The van der Waals surface area contributed by atoms with Crippen molar-refractivity contribution in [2.75, 3.05) is 19.0 Å². The van der Waals surface area contributed by atoms with E-state index in [-0.39, 0.29) is 17.7 Å². The number of hydrogen-bond donors (Lipinski definition) is 0. The number of nitrogens with zero attached hydrogens (tertiary/aromatic N) is 8. The lowest BCUT2D eigenvalue weighted by Gasteiger charge is -2.13. The van der Waals surface area contributed by atoms with Crippen LogP contribution in [-0.2, 0) is 12.4 Å². The van der Waals surface area contributed by atoms with Crippen molar-refractivity contribution in [2.45, 2.75) is 12.4 Å². The largest absolute Gasteiger partial charge is 0.435 e. The highest BCUT2D eigenvalue weighted by molar-refractivity contribution is 5.60. The van der Waals surface area contributed by atoms with Crippen LogP contribution in [0.15, 0.2) is 48.8 Å². The molecule has 4 aromatic rings. The summed E-state index contributed by atoms with van der Waals surface area (Å²) in [4.78, 5) is 14.1. The standard InChI is InChI=1S/C19H14F6N8/c1-31(2)12-5-3-11(4-6-12)15-26-16(32-9-7-13(29-32)18(20,21)22)28-17(27-15)33-10-8-14(30-33)19(23,24)25/h3-10H,1-2H3. The van der Waals surface area contributed by atoms with Gasteiger partial charge >= 0.3 is 12.4 Å². The van der Waals surface area contributed by atoms with Gasteiger partial charge in [0.05, 0.1) is 0 Å². The van der Waals surface area contributed by atoms with Crippen molar-refractivity contribution < 1.29 is 26.3 Å². The minimum Gasteiger partial charge on any atom is -0.378 e. The molecule has 172 valence electrons. The van der Waals surface area contributed by atoms with E-state index in [1.54, 1.807) is 24.3 Å². The van der Waals surface area contributed by atoms with Crippen molar-refractivity contribution in [3.05, 3.63) is 60.2 Å². The maximum absolute atomic E-state index is 13.0. The molecule has 0 aliphatic rings. The molecule has 0 amide bonds. The molecule has 0 aliphatic heterocycles. The van der Waals surface area contributed by atoms with Gasteiger partial charge in [0.1, 0.15) is 0 Å². The van der Waals surface area contributed by atoms with E-state index in [0.29, 0.717) is 5.56 Å². The van der Waals surface area contributed by atoms with Gasteiger partial charge < -0.3 is 4.90 Å². The number of benzene rings is 1. The van der Waals surface area contributed by atoms with Crippen molar-refractivity contribution in [1.29, 1.82) is 0 Å². The molecule has 33 heavy (non-hydrogen) atoms. The first-order valence-electron chi connectivity index (χ1n) is 9.22. The second-order valence-electron chi connectivity index (χ2n) is 6.99. The van der Waals surface area contributed by atoms with Crippen LogP contribution in [0, 0.1) is 0 Å². The van der Waals surface area contributed by atoms with Crippen LogP contribution in [0.4, 0.5) is 32.0 Å². The van der Waals surface area contributed by atoms with E-state index in [2.05, 4.69) is 25.1 Å². The Bertz CT molecular complexity index is 1200. The van der Waals surface area contributed by atoms with Gasteiger partial charge in [-0.05, 0) is 36.4 Å². The van der Waals surface area contributed by atoms with Gasteiger partial charge in [-0.25, -0.2) is 9.36 Å². The van der Waals surface area contributed by atoms with E-state index < -0.39 is 23.7 Å². The zero-order valence-electron chi connectivity index (χ0n) is 17.0. The highest BCUT2D eigenvalue weighted by Gasteiger charge is 2.35. The molecule has 4 rings (SSSR count). The predicted octanol–water partition coefficient (Wildman–Crippen LogP) is 4.01. The molecule has 0 aliphatic carbocycles. The molecular formula is C19H14F6N8. The first-order chi connectivity index (χ1) is 15.4. The average molecular weight is 468 g/mol. The van der Waals surface area contributed by atoms with Gasteiger partial charge in [-0.3, -0.25) is 0 Å². The Balaban J connectivity index is 1.84.